The predicted octanol–water partition coefficient (Wildman–Crippen LogP) is 2.38. The molecule has 1 heterocycles. The van der Waals surface area contributed by atoms with Gasteiger partial charge in [0.1, 0.15) is 17.4 Å². The zero-order valence-electron chi connectivity index (χ0n) is 10.9. The largest absolute Gasteiger partial charge is 0.375 e. The first-order valence-electron chi connectivity index (χ1n) is 5.74. The fourth-order valence-corrected chi connectivity index (χ4v) is 1.57. The number of rotatable bonds is 6. The molecule has 4 nitrogen and oxygen atoms in total. The minimum Gasteiger partial charge on any atom is -0.375 e. The van der Waals surface area contributed by atoms with Gasteiger partial charge < -0.3 is 4.74 Å². The molecule has 5 heteroatoms. The summed E-state index contributed by atoms with van der Waals surface area (Å²) in [5.74, 6) is 0. The Morgan fingerprint density at radius 1 is 1.65 bits per heavy atom. The first kappa shape index (κ1) is 13.8. The molecule has 0 saturated carbocycles. The molecule has 0 aliphatic heterocycles. The number of ether oxygens (including phenoxy) is 1. The molecule has 2 atom stereocenters. The van der Waals surface area contributed by atoms with Crippen LogP contribution in [0.4, 0.5) is 4.39 Å². The number of alkyl halides is 1. The smallest absolute Gasteiger partial charge is 0.126 e. The van der Waals surface area contributed by atoms with Gasteiger partial charge in [-0.1, -0.05) is 11.3 Å². The van der Waals surface area contributed by atoms with Crippen LogP contribution in [0.2, 0.25) is 0 Å². The van der Waals surface area contributed by atoms with Crippen molar-refractivity contribution >= 4 is 0 Å². The summed E-state index contributed by atoms with van der Waals surface area (Å²) in [4.78, 5) is 0. The van der Waals surface area contributed by atoms with Gasteiger partial charge in [0, 0.05) is 6.61 Å². The van der Waals surface area contributed by atoms with Crippen molar-refractivity contribution in [2.75, 3.05) is 6.61 Å². The van der Waals surface area contributed by atoms with Gasteiger partial charge in [-0.05, 0) is 27.7 Å². The van der Waals surface area contributed by atoms with Gasteiger partial charge in [0.15, 0.2) is 0 Å². The van der Waals surface area contributed by atoms with E-state index in [-0.39, 0.29) is 0 Å². The summed E-state index contributed by atoms with van der Waals surface area (Å²) in [7, 11) is 0. The molecule has 0 aliphatic carbocycles. The lowest BCUT2D eigenvalue weighted by atomic mass is 9.97. The third-order valence-corrected chi connectivity index (χ3v) is 3.11. The van der Waals surface area contributed by atoms with Crippen molar-refractivity contribution in [3.05, 3.63) is 24.0 Å². The second-order valence-corrected chi connectivity index (χ2v) is 4.22. The highest BCUT2D eigenvalue weighted by atomic mass is 19.1. The number of allylic oxidation sites excluding steroid dienone is 1. The van der Waals surface area contributed by atoms with Gasteiger partial charge in [-0.2, -0.15) is 0 Å². The summed E-state index contributed by atoms with van der Waals surface area (Å²) in [6.07, 6.45) is 0.462. The van der Waals surface area contributed by atoms with E-state index in [9.17, 15) is 4.39 Å². The number of hydrogen-bond acceptors (Lipinski definition) is 3. The summed E-state index contributed by atoms with van der Waals surface area (Å²) in [6, 6.07) is 0. The highest BCUT2D eigenvalue weighted by Crippen LogP contribution is 2.26. The monoisotopic (exact) mass is 241 g/mol. The van der Waals surface area contributed by atoms with E-state index in [0.717, 1.165) is 11.4 Å². The molecule has 0 bridgehead atoms. The minimum absolute atomic E-state index is 0.399. The molecule has 1 aromatic heterocycles. The molecule has 0 aromatic carbocycles. The van der Waals surface area contributed by atoms with Crippen LogP contribution in [0.25, 0.3) is 0 Å². The van der Waals surface area contributed by atoms with Crippen LogP contribution in [0, 0.1) is 6.92 Å². The van der Waals surface area contributed by atoms with Crippen molar-refractivity contribution < 1.29 is 9.13 Å². The number of nitrogens with zero attached hydrogens (tertiary/aromatic N) is 3. The minimum atomic E-state index is -1.10. The third kappa shape index (κ3) is 2.54. The molecule has 0 spiro atoms. The molecular formula is C12H20FN3O. The van der Waals surface area contributed by atoms with Crippen molar-refractivity contribution in [3.8, 4) is 0 Å². The Balaban J connectivity index is 3.06. The molecule has 0 aliphatic rings. The van der Waals surface area contributed by atoms with E-state index in [2.05, 4.69) is 16.9 Å². The van der Waals surface area contributed by atoms with Gasteiger partial charge in [0.25, 0.3) is 0 Å². The SMILES string of the molecule is C=CC(C)([C@H](C)F)n1nnc(COCC)c1C. The van der Waals surface area contributed by atoms with E-state index in [1.807, 2.05) is 13.8 Å². The van der Waals surface area contributed by atoms with Crippen LogP contribution in [0.15, 0.2) is 12.7 Å². The van der Waals surface area contributed by atoms with E-state index in [0.29, 0.717) is 13.2 Å². The first-order valence-corrected chi connectivity index (χ1v) is 5.74. The maximum Gasteiger partial charge on any atom is 0.126 e. The number of hydrogen-bond donors (Lipinski definition) is 0. The quantitative estimate of drug-likeness (QED) is 0.718. The van der Waals surface area contributed by atoms with Crippen LogP contribution < -0.4 is 0 Å². The second-order valence-electron chi connectivity index (χ2n) is 4.22. The van der Waals surface area contributed by atoms with E-state index < -0.39 is 11.7 Å². The van der Waals surface area contributed by atoms with Crippen molar-refractivity contribution in [1.29, 1.82) is 0 Å². The fourth-order valence-electron chi connectivity index (χ4n) is 1.57. The normalized spacial score (nSPS) is 16.5. The Morgan fingerprint density at radius 3 is 2.76 bits per heavy atom. The van der Waals surface area contributed by atoms with Crippen molar-refractivity contribution in [2.45, 2.75) is 46.0 Å². The summed E-state index contributed by atoms with van der Waals surface area (Å²) in [6.45, 7) is 11.7. The fraction of sp³-hybridized carbons (Fsp3) is 0.667. The van der Waals surface area contributed by atoms with Crippen LogP contribution in [-0.2, 0) is 16.9 Å². The molecule has 0 N–H and O–H groups in total. The Bertz CT molecular complexity index is 389. The van der Waals surface area contributed by atoms with E-state index in [1.54, 1.807) is 17.7 Å². The van der Waals surface area contributed by atoms with E-state index in [1.165, 1.54) is 6.92 Å². The van der Waals surface area contributed by atoms with Crippen LogP contribution in [0.3, 0.4) is 0 Å². The zero-order chi connectivity index (χ0) is 13.1. The van der Waals surface area contributed by atoms with E-state index >= 15 is 0 Å². The molecule has 1 aromatic rings. The standard InChI is InChI=1S/C12H20FN3O/c1-6-12(5,10(4)13)16-9(3)11(14-15-16)8-17-7-2/h6,10H,1,7-8H2,2-5H3/t10-,12?/m0/s1. The van der Waals surface area contributed by atoms with Crippen molar-refractivity contribution in [2.24, 2.45) is 0 Å². The van der Waals surface area contributed by atoms with Crippen molar-refractivity contribution in [3.63, 3.8) is 0 Å². The molecule has 17 heavy (non-hydrogen) atoms. The average molecular weight is 241 g/mol. The Kier molecular flexibility index (Phi) is 4.40. The highest BCUT2D eigenvalue weighted by Gasteiger charge is 2.33. The van der Waals surface area contributed by atoms with Gasteiger partial charge >= 0.3 is 0 Å². The molecule has 0 fully saturated rings. The lowest BCUT2D eigenvalue weighted by Gasteiger charge is -2.28. The van der Waals surface area contributed by atoms with Crippen molar-refractivity contribution in [1.82, 2.24) is 15.0 Å². The van der Waals surface area contributed by atoms with Crippen LogP contribution >= 0.6 is 0 Å². The topological polar surface area (TPSA) is 39.9 Å². The molecule has 1 rings (SSSR count). The van der Waals surface area contributed by atoms with Gasteiger partial charge in [-0.15, -0.1) is 11.7 Å². The summed E-state index contributed by atoms with van der Waals surface area (Å²) in [5, 5.41) is 8.03. The Morgan fingerprint density at radius 2 is 2.29 bits per heavy atom. The molecular weight excluding hydrogens is 221 g/mol. The lowest BCUT2D eigenvalue weighted by Crippen LogP contribution is -2.38. The van der Waals surface area contributed by atoms with Gasteiger partial charge in [0.05, 0.1) is 12.3 Å². The third-order valence-electron chi connectivity index (χ3n) is 3.11. The number of aromatic nitrogens is 3. The van der Waals surface area contributed by atoms with E-state index in [4.69, 9.17) is 4.74 Å². The van der Waals surface area contributed by atoms with Gasteiger partial charge in [-0.25, -0.2) is 9.07 Å². The van der Waals surface area contributed by atoms with Crippen LogP contribution in [0.5, 0.6) is 0 Å². The van der Waals surface area contributed by atoms with Crippen LogP contribution in [0.1, 0.15) is 32.2 Å². The molecule has 1 unspecified atom stereocenters. The second kappa shape index (κ2) is 5.40. The maximum absolute atomic E-state index is 13.7. The Hall–Kier alpha value is -1.23. The molecule has 0 saturated heterocycles. The van der Waals surface area contributed by atoms with Crippen LogP contribution in [-0.4, -0.2) is 27.8 Å². The van der Waals surface area contributed by atoms with Gasteiger partial charge in [-0.3, -0.25) is 0 Å². The summed E-state index contributed by atoms with van der Waals surface area (Å²) >= 11 is 0. The number of halogens is 1. The zero-order valence-corrected chi connectivity index (χ0v) is 10.9. The highest BCUT2D eigenvalue weighted by molar-refractivity contribution is 5.13. The lowest BCUT2D eigenvalue weighted by molar-refractivity contribution is 0.130. The molecule has 0 radical (unpaired) electrons. The Labute approximate surface area is 101 Å². The van der Waals surface area contributed by atoms with Gasteiger partial charge in [0.2, 0.25) is 0 Å². The molecule has 96 valence electrons. The predicted molar refractivity (Wildman–Crippen MR) is 64.5 cm³/mol. The molecule has 0 amide bonds. The first-order chi connectivity index (χ1) is 7.97. The summed E-state index contributed by atoms with van der Waals surface area (Å²) in [5.41, 5.74) is 0.674. The maximum atomic E-state index is 13.7. The summed E-state index contributed by atoms with van der Waals surface area (Å²) < 4.78 is 20.5. The average Bonchev–Trinajstić information content (AvgIpc) is 2.67.